The maximum absolute atomic E-state index is 13.0. The summed E-state index contributed by atoms with van der Waals surface area (Å²) in [5.41, 5.74) is 0.615. The van der Waals surface area contributed by atoms with E-state index in [1.165, 1.54) is 25.7 Å². The molecule has 2 saturated heterocycles. The summed E-state index contributed by atoms with van der Waals surface area (Å²) in [4.78, 5) is 29.6. The van der Waals surface area contributed by atoms with Crippen molar-refractivity contribution in [1.29, 1.82) is 0 Å². The van der Waals surface area contributed by atoms with E-state index in [1.807, 2.05) is 9.80 Å². The lowest BCUT2D eigenvalue weighted by atomic mass is 9.85. The van der Waals surface area contributed by atoms with E-state index < -0.39 is 0 Å². The highest BCUT2D eigenvalue weighted by Crippen LogP contribution is 2.33. The van der Waals surface area contributed by atoms with E-state index >= 15 is 0 Å². The number of nitrogens with one attached hydrogen (secondary N) is 1. The van der Waals surface area contributed by atoms with Gasteiger partial charge in [0.1, 0.15) is 0 Å². The number of carbonyl (C=O) groups excluding carboxylic acids is 2. The third kappa shape index (κ3) is 4.14. The van der Waals surface area contributed by atoms with Gasteiger partial charge in [-0.1, -0.05) is 30.5 Å². The molecule has 5 nitrogen and oxygen atoms in total. The SMILES string of the molecule is O=C(c1cccc(Cl)c1)N1CCCN(C(=O)C2CC3CCCCC3N2)CC1. The molecular weight excluding hydrogens is 362 g/mol. The van der Waals surface area contributed by atoms with E-state index in [-0.39, 0.29) is 17.9 Å². The first-order valence-electron chi connectivity index (χ1n) is 10.2. The van der Waals surface area contributed by atoms with Crippen LogP contribution in [0.15, 0.2) is 24.3 Å². The zero-order chi connectivity index (χ0) is 18.8. The van der Waals surface area contributed by atoms with Crippen molar-refractivity contribution in [1.82, 2.24) is 15.1 Å². The molecule has 1 aromatic rings. The van der Waals surface area contributed by atoms with Crippen LogP contribution in [-0.2, 0) is 4.79 Å². The summed E-state index contributed by atoms with van der Waals surface area (Å²) in [5, 5.41) is 4.16. The molecule has 1 saturated carbocycles. The highest BCUT2D eigenvalue weighted by molar-refractivity contribution is 6.30. The Balaban J connectivity index is 1.35. The van der Waals surface area contributed by atoms with E-state index in [0.717, 1.165) is 19.4 Å². The Morgan fingerprint density at radius 3 is 2.59 bits per heavy atom. The average Bonchev–Trinajstić information content (AvgIpc) is 2.96. The molecule has 3 fully saturated rings. The van der Waals surface area contributed by atoms with Gasteiger partial charge in [0, 0.05) is 42.8 Å². The smallest absolute Gasteiger partial charge is 0.253 e. The van der Waals surface area contributed by atoms with E-state index in [4.69, 9.17) is 11.6 Å². The summed E-state index contributed by atoms with van der Waals surface area (Å²) in [6.45, 7) is 2.60. The van der Waals surface area contributed by atoms with Crippen LogP contribution >= 0.6 is 11.6 Å². The van der Waals surface area contributed by atoms with E-state index in [9.17, 15) is 9.59 Å². The number of rotatable bonds is 2. The molecular formula is C21H28ClN3O2. The molecule has 1 aliphatic carbocycles. The van der Waals surface area contributed by atoms with Crippen LogP contribution in [-0.4, -0.2) is 59.9 Å². The van der Waals surface area contributed by atoms with Crippen molar-refractivity contribution in [3.63, 3.8) is 0 Å². The van der Waals surface area contributed by atoms with Gasteiger partial charge in [-0.2, -0.15) is 0 Å². The number of carbonyl (C=O) groups is 2. The lowest BCUT2D eigenvalue weighted by Crippen LogP contribution is -2.46. The summed E-state index contributed by atoms with van der Waals surface area (Å²) in [5.74, 6) is 0.888. The molecule has 3 atom stereocenters. The number of hydrogen-bond acceptors (Lipinski definition) is 3. The van der Waals surface area contributed by atoms with Crippen LogP contribution < -0.4 is 5.32 Å². The Bertz CT molecular complexity index is 696. The van der Waals surface area contributed by atoms with Crippen molar-refractivity contribution >= 4 is 23.4 Å². The minimum atomic E-state index is -0.0340. The van der Waals surface area contributed by atoms with Gasteiger partial charge in [0.15, 0.2) is 0 Å². The van der Waals surface area contributed by atoms with Gasteiger partial charge in [-0.15, -0.1) is 0 Å². The second kappa shape index (κ2) is 8.19. The van der Waals surface area contributed by atoms with Gasteiger partial charge in [0.25, 0.3) is 5.91 Å². The van der Waals surface area contributed by atoms with Crippen molar-refractivity contribution in [3.05, 3.63) is 34.9 Å². The molecule has 0 aromatic heterocycles. The largest absolute Gasteiger partial charge is 0.340 e. The lowest BCUT2D eigenvalue weighted by molar-refractivity contribution is -0.133. The van der Waals surface area contributed by atoms with Gasteiger partial charge in [-0.05, 0) is 49.8 Å². The molecule has 0 radical (unpaired) electrons. The predicted octanol–water partition coefficient (Wildman–Crippen LogP) is 2.94. The first-order valence-corrected chi connectivity index (χ1v) is 10.6. The van der Waals surface area contributed by atoms with Crippen molar-refractivity contribution in [2.45, 2.75) is 50.6 Å². The summed E-state index contributed by atoms with van der Waals surface area (Å²) in [7, 11) is 0. The highest BCUT2D eigenvalue weighted by atomic mass is 35.5. The quantitative estimate of drug-likeness (QED) is 0.846. The molecule has 2 aliphatic heterocycles. The van der Waals surface area contributed by atoms with Crippen LogP contribution in [0.1, 0.15) is 48.9 Å². The van der Waals surface area contributed by atoms with Crippen LogP contribution in [0, 0.1) is 5.92 Å². The van der Waals surface area contributed by atoms with Crippen LogP contribution in [0.2, 0.25) is 5.02 Å². The third-order valence-corrected chi connectivity index (χ3v) is 6.56. The van der Waals surface area contributed by atoms with Gasteiger partial charge in [-0.25, -0.2) is 0 Å². The van der Waals surface area contributed by atoms with Crippen molar-refractivity contribution < 1.29 is 9.59 Å². The minimum absolute atomic E-state index is 0.00295. The zero-order valence-electron chi connectivity index (χ0n) is 15.7. The number of hydrogen-bond donors (Lipinski definition) is 1. The number of nitrogens with zero attached hydrogens (tertiary/aromatic N) is 2. The monoisotopic (exact) mass is 389 g/mol. The first kappa shape index (κ1) is 18.8. The normalized spacial score (nSPS) is 28.6. The van der Waals surface area contributed by atoms with Gasteiger partial charge < -0.3 is 15.1 Å². The van der Waals surface area contributed by atoms with Gasteiger partial charge in [0.2, 0.25) is 5.91 Å². The number of benzene rings is 1. The topological polar surface area (TPSA) is 52.7 Å². The fraction of sp³-hybridized carbons (Fsp3) is 0.619. The summed E-state index contributed by atoms with van der Waals surface area (Å²) >= 11 is 6.02. The molecule has 146 valence electrons. The number of amides is 2. The van der Waals surface area contributed by atoms with Crippen LogP contribution in [0.3, 0.4) is 0 Å². The fourth-order valence-corrected chi connectivity index (χ4v) is 5.07. The van der Waals surface area contributed by atoms with E-state index in [0.29, 0.717) is 42.2 Å². The Hall–Kier alpha value is -1.59. The van der Waals surface area contributed by atoms with Gasteiger partial charge in [0.05, 0.1) is 6.04 Å². The zero-order valence-corrected chi connectivity index (χ0v) is 16.5. The molecule has 0 bridgehead atoms. The maximum atomic E-state index is 13.0. The Morgan fingerprint density at radius 1 is 1.00 bits per heavy atom. The molecule has 0 spiro atoms. The summed E-state index contributed by atoms with van der Waals surface area (Å²) in [6, 6.07) is 7.57. The Kier molecular flexibility index (Phi) is 5.69. The second-order valence-corrected chi connectivity index (χ2v) is 8.52. The van der Waals surface area contributed by atoms with Crippen molar-refractivity contribution in [2.75, 3.05) is 26.2 Å². The molecule has 2 amide bonds. The Morgan fingerprint density at radius 2 is 1.78 bits per heavy atom. The van der Waals surface area contributed by atoms with Crippen molar-refractivity contribution in [2.24, 2.45) is 5.92 Å². The molecule has 3 unspecified atom stereocenters. The fourth-order valence-electron chi connectivity index (χ4n) is 4.88. The van der Waals surface area contributed by atoms with E-state index in [1.54, 1.807) is 24.3 Å². The lowest BCUT2D eigenvalue weighted by Gasteiger charge is -2.25. The second-order valence-electron chi connectivity index (χ2n) is 8.09. The summed E-state index contributed by atoms with van der Waals surface area (Å²) < 4.78 is 0. The molecule has 27 heavy (non-hydrogen) atoms. The standard InChI is InChI=1S/C21H28ClN3O2/c22-17-7-3-6-16(13-17)20(26)24-9-4-10-25(12-11-24)21(27)19-14-15-5-1-2-8-18(15)23-19/h3,6-7,13,15,18-19,23H,1-2,4-5,8-12,14H2. The average molecular weight is 390 g/mol. The number of fused-ring (bicyclic) bond motifs is 1. The molecule has 1 aromatic carbocycles. The van der Waals surface area contributed by atoms with Crippen LogP contribution in [0.25, 0.3) is 0 Å². The van der Waals surface area contributed by atoms with Gasteiger partial charge in [-0.3, -0.25) is 9.59 Å². The van der Waals surface area contributed by atoms with E-state index in [2.05, 4.69) is 5.32 Å². The molecule has 3 aliphatic rings. The highest BCUT2D eigenvalue weighted by Gasteiger charge is 2.40. The summed E-state index contributed by atoms with van der Waals surface area (Å²) in [6.07, 6.45) is 6.83. The maximum Gasteiger partial charge on any atom is 0.253 e. The van der Waals surface area contributed by atoms with Crippen LogP contribution in [0.4, 0.5) is 0 Å². The van der Waals surface area contributed by atoms with Crippen molar-refractivity contribution in [3.8, 4) is 0 Å². The first-order chi connectivity index (χ1) is 13.1. The Labute approximate surface area is 166 Å². The van der Waals surface area contributed by atoms with Gasteiger partial charge >= 0.3 is 0 Å². The molecule has 4 rings (SSSR count). The molecule has 2 heterocycles. The molecule has 1 N–H and O–H groups in total. The molecule has 6 heteroatoms. The third-order valence-electron chi connectivity index (χ3n) is 6.33. The predicted molar refractivity (Wildman–Crippen MR) is 106 cm³/mol. The minimum Gasteiger partial charge on any atom is -0.340 e. The number of halogens is 1. The van der Waals surface area contributed by atoms with Crippen LogP contribution in [0.5, 0.6) is 0 Å².